The summed E-state index contributed by atoms with van der Waals surface area (Å²) in [5.74, 6) is 1.07. The zero-order valence-corrected chi connectivity index (χ0v) is 14.7. The first-order valence-corrected chi connectivity index (χ1v) is 7.05. The van der Waals surface area contributed by atoms with E-state index in [9.17, 15) is 5.11 Å². The Balaban J connectivity index is 0.00000220. The van der Waals surface area contributed by atoms with Gasteiger partial charge in [-0.25, -0.2) is 0 Å². The summed E-state index contributed by atoms with van der Waals surface area (Å²) in [6, 6.07) is 7.48. The van der Waals surface area contributed by atoms with Crippen molar-refractivity contribution in [1.82, 2.24) is 0 Å². The van der Waals surface area contributed by atoms with Crippen LogP contribution in [0.15, 0.2) is 29.3 Å². The summed E-state index contributed by atoms with van der Waals surface area (Å²) in [6.07, 6.45) is 4.94. The van der Waals surface area contributed by atoms with E-state index >= 15 is 0 Å². The van der Waals surface area contributed by atoms with Gasteiger partial charge in [-0.3, -0.25) is 4.99 Å². The van der Waals surface area contributed by atoms with Crippen LogP contribution in [0.3, 0.4) is 0 Å². The number of anilines is 1. The molecule has 4 N–H and O–H groups in total. The Morgan fingerprint density at radius 2 is 2.10 bits per heavy atom. The number of guanidine groups is 1. The van der Waals surface area contributed by atoms with Gasteiger partial charge < -0.3 is 20.9 Å². The Bertz CT molecular complexity index is 474. The molecule has 0 bridgehead atoms. The monoisotopic (exact) mass is 405 g/mol. The fraction of sp³-hybridized carbons (Fsp3) is 0.533. The number of ether oxygens (including phenoxy) is 1. The van der Waals surface area contributed by atoms with Crippen LogP contribution in [0.2, 0.25) is 0 Å². The normalized spacial score (nSPS) is 17.7. The quantitative estimate of drug-likeness (QED) is 0.409. The van der Waals surface area contributed by atoms with Gasteiger partial charge >= 0.3 is 0 Å². The average Bonchev–Trinajstić information content (AvgIpc) is 2.46. The molecule has 0 saturated heterocycles. The number of nitrogens with one attached hydrogen (secondary N) is 1. The van der Waals surface area contributed by atoms with Gasteiger partial charge in [0.2, 0.25) is 0 Å². The van der Waals surface area contributed by atoms with Gasteiger partial charge in [-0.05, 0) is 25.0 Å². The molecular formula is C15H24IN3O2. The van der Waals surface area contributed by atoms with E-state index in [0.29, 0.717) is 12.5 Å². The molecule has 5 nitrogen and oxygen atoms in total. The number of hydrogen-bond acceptors (Lipinski definition) is 3. The van der Waals surface area contributed by atoms with Crippen LogP contribution >= 0.6 is 24.0 Å². The Kier molecular flexibility index (Phi) is 7.24. The van der Waals surface area contributed by atoms with E-state index < -0.39 is 5.60 Å². The molecule has 6 heteroatoms. The van der Waals surface area contributed by atoms with Gasteiger partial charge in [-0.2, -0.15) is 0 Å². The highest BCUT2D eigenvalue weighted by Gasteiger charge is 2.28. The second kappa shape index (κ2) is 8.43. The van der Waals surface area contributed by atoms with E-state index in [4.69, 9.17) is 10.5 Å². The second-order valence-corrected chi connectivity index (χ2v) is 5.34. The summed E-state index contributed by atoms with van der Waals surface area (Å²) in [7, 11) is 1.62. The van der Waals surface area contributed by atoms with E-state index in [1.54, 1.807) is 7.11 Å². The molecule has 0 amide bonds. The predicted octanol–water partition coefficient (Wildman–Crippen LogP) is 2.74. The van der Waals surface area contributed by atoms with E-state index in [2.05, 4.69) is 10.3 Å². The molecule has 1 aromatic rings. The highest BCUT2D eigenvalue weighted by atomic mass is 127. The minimum absolute atomic E-state index is 0. The van der Waals surface area contributed by atoms with Crippen LogP contribution in [-0.2, 0) is 0 Å². The largest absolute Gasteiger partial charge is 0.497 e. The van der Waals surface area contributed by atoms with Crippen LogP contribution in [0.25, 0.3) is 0 Å². The Labute approximate surface area is 143 Å². The van der Waals surface area contributed by atoms with Crippen LogP contribution in [0, 0.1) is 0 Å². The van der Waals surface area contributed by atoms with Gasteiger partial charge in [-0.15, -0.1) is 24.0 Å². The molecule has 0 heterocycles. The topological polar surface area (TPSA) is 79.9 Å². The minimum atomic E-state index is -0.682. The number of nitrogens with zero attached hydrogens (tertiary/aromatic N) is 1. The summed E-state index contributed by atoms with van der Waals surface area (Å²) >= 11 is 0. The van der Waals surface area contributed by atoms with Crippen molar-refractivity contribution >= 4 is 35.6 Å². The molecule has 2 rings (SSSR count). The summed E-state index contributed by atoms with van der Waals surface area (Å²) in [6.45, 7) is 0.357. The van der Waals surface area contributed by atoms with E-state index in [0.717, 1.165) is 37.1 Å². The van der Waals surface area contributed by atoms with Gasteiger partial charge in [0.25, 0.3) is 0 Å². The summed E-state index contributed by atoms with van der Waals surface area (Å²) in [5.41, 5.74) is 6.00. The van der Waals surface area contributed by atoms with Gasteiger partial charge in [0, 0.05) is 11.8 Å². The minimum Gasteiger partial charge on any atom is -0.497 e. The fourth-order valence-electron chi connectivity index (χ4n) is 2.49. The third-order valence-electron chi connectivity index (χ3n) is 3.67. The lowest BCUT2D eigenvalue weighted by Gasteiger charge is -2.30. The van der Waals surface area contributed by atoms with Crippen LogP contribution in [0.4, 0.5) is 5.69 Å². The van der Waals surface area contributed by atoms with Gasteiger partial charge in [-0.1, -0.05) is 25.3 Å². The van der Waals surface area contributed by atoms with Gasteiger partial charge in [0.1, 0.15) is 5.75 Å². The van der Waals surface area contributed by atoms with E-state index in [1.165, 1.54) is 6.42 Å². The molecule has 1 aliphatic carbocycles. The maximum Gasteiger partial charge on any atom is 0.193 e. The number of nitrogens with two attached hydrogens (primary N) is 1. The molecule has 1 aliphatic rings. The van der Waals surface area contributed by atoms with E-state index in [1.807, 2.05) is 24.3 Å². The summed E-state index contributed by atoms with van der Waals surface area (Å²) in [4.78, 5) is 4.26. The molecule has 0 spiro atoms. The number of hydrogen-bond donors (Lipinski definition) is 3. The number of aliphatic hydroxyl groups is 1. The van der Waals surface area contributed by atoms with Crippen LogP contribution in [0.1, 0.15) is 32.1 Å². The predicted molar refractivity (Wildman–Crippen MR) is 96.6 cm³/mol. The lowest BCUT2D eigenvalue weighted by molar-refractivity contribution is 0.0132. The Hall–Kier alpha value is -1.02. The third kappa shape index (κ3) is 5.70. The van der Waals surface area contributed by atoms with Crippen LogP contribution in [0.5, 0.6) is 5.75 Å². The van der Waals surface area contributed by atoms with Crippen LogP contribution in [-0.4, -0.2) is 30.3 Å². The van der Waals surface area contributed by atoms with Crippen molar-refractivity contribution in [1.29, 1.82) is 0 Å². The molecule has 0 aliphatic heterocycles. The lowest BCUT2D eigenvalue weighted by Crippen LogP contribution is -2.36. The lowest BCUT2D eigenvalue weighted by atomic mass is 9.85. The zero-order chi connectivity index (χ0) is 14.4. The molecule has 1 aromatic carbocycles. The van der Waals surface area contributed by atoms with Crippen molar-refractivity contribution in [2.45, 2.75) is 37.7 Å². The molecule has 0 unspecified atom stereocenters. The average molecular weight is 405 g/mol. The number of aliphatic imine (C=N–C) groups is 1. The van der Waals surface area contributed by atoms with E-state index in [-0.39, 0.29) is 24.0 Å². The van der Waals surface area contributed by atoms with Crippen molar-refractivity contribution in [2.75, 3.05) is 19.0 Å². The standard InChI is InChI=1S/C15H23N3O2.HI/c1-20-13-7-5-6-12(10-13)18-14(16)17-11-15(19)8-3-2-4-9-15;/h5-7,10,19H,2-4,8-9,11H2,1H3,(H3,16,17,18);1H. The first kappa shape index (κ1) is 18.0. The SMILES string of the molecule is COc1cccc(NC(N)=NCC2(O)CCCCC2)c1.I. The third-order valence-corrected chi connectivity index (χ3v) is 3.67. The van der Waals surface area contributed by atoms with Gasteiger partial charge in [0.05, 0.1) is 19.3 Å². The number of rotatable bonds is 4. The Morgan fingerprint density at radius 1 is 1.38 bits per heavy atom. The number of halogens is 1. The van der Waals surface area contributed by atoms with Crippen LogP contribution < -0.4 is 15.8 Å². The molecular weight excluding hydrogens is 381 g/mol. The molecule has 21 heavy (non-hydrogen) atoms. The molecule has 0 radical (unpaired) electrons. The van der Waals surface area contributed by atoms with Gasteiger partial charge in [0.15, 0.2) is 5.96 Å². The van der Waals surface area contributed by atoms with Crippen molar-refractivity contribution in [3.63, 3.8) is 0 Å². The van der Waals surface area contributed by atoms with Crippen molar-refractivity contribution in [3.8, 4) is 5.75 Å². The Morgan fingerprint density at radius 3 is 2.76 bits per heavy atom. The van der Waals surface area contributed by atoms with Crippen molar-refractivity contribution in [3.05, 3.63) is 24.3 Å². The smallest absolute Gasteiger partial charge is 0.193 e. The second-order valence-electron chi connectivity index (χ2n) is 5.34. The molecule has 118 valence electrons. The van der Waals surface area contributed by atoms with Crippen molar-refractivity contribution < 1.29 is 9.84 Å². The maximum atomic E-state index is 10.4. The first-order valence-electron chi connectivity index (χ1n) is 7.05. The first-order chi connectivity index (χ1) is 9.61. The number of methoxy groups -OCH3 is 1. The highest BCUT2D eigenvalue weighted by Crippen LogP contribution is 2.28. The highest BCUT2D eigenvalue weighted by molar-refractivity contribution is 14.0. The molecule has 1 saturated carbocycles. The molecule has 0 aromatic heterocycles. The molecule has 1 fully saturated rings. The summed E-state index contributed by atoms with van der Waals surface area (Å²) in [5, 5.41) is 13.4. The fourth-order valence-corrected chi connectivity index (χ4v) is 2.49. The summed E-state index contributed by atoms with van der Waals surface area (Å²) < 4.78 is 5.15. The maximum absolute atomic E-state index is 10.4. The number of benzene rings is 1. The van der Waals surface area contributed by atoms with Crippen molar-refractivity contribution in [2.24, 2.45) is 10.7 Å². The zero-order valence-electron chi connectivity index (χ0n) is 12.3. The molecule has 0 atom stereocenters.